The first kappa shape index (κ1) is 12.1. The second kappa shape index (κ2) is 4.90. The molecule has 18 heavy (non-hydrogen) atoms. The van der Waals surface area contributed by atoms with Crippen molar-refractivity contribution in [1.82, 2.24) is 9.78 Å². The number of benzene rings is 1. The van der Waals surface area contributed by atoms with Crippen LogP contribution in [0.15, 0.2) is 30.3 Å². The van der Waals surface area contributed by atoms with Gasteiger partial charge in [0.05, 0.1) is 11.8 Å². The summed E-state index contributed by atoms with van der Waals surface area (Å²) in [6, 6.07) is 10.2. The van der Waals surface area contributed by atoms with Gasteiger partial charge in [-0.25, -0.2) is 9.48 Å². The zero-order chi connectivity index (χ0) is 13.1. The predicted molar refractivity (Wildman–Crippen MR) is 65.2 cm³/mol. The molecule has 6 heteroatoms. The Balaban J connectivity index is 2.50. The second-order valence-electron chi connectivity index (χ2n) is 3.55. The van der Waals surface area contributed by atoms with Gasteiger partial charge in [0.2, 0.25) is 0 Å². The first-order valence-corrected chi connectivity index (χ1v) is 5.43. The quantitative estimate of drug-likeness (QED) is 0.920. The molecule has 0 bridgehead atoms. The minimum absolute atomic E-state index is 0.0217. The van der Waals surface area contributed by atoms with E-state index in [0.29, 0.717) is 16.3 Å². The van der Waals surface area contributed by atoms with Crippen LogP contribution < -0.4 is 0 Å². The maximum Gasteiger partial charge on any atom is 0.354 e. The van der Waals surface area contributed by atoms with Crippen molar-refractivity contribution in [3.05, 3.63) is 41.0 Å². The van der Waals surface area contributed by atoms with Gasteiger partial charge in [0.25, 0.3) is 0 Å². The van der Waals surface area contributed by atoms with Crippen molar-refractivity contribution < 1.29 is 9.90 Å². The largest absolute Gasteiger partial charge is 0.477 e. The van der Waals surface area contributed by atoms with E-state index in [2.05, 4.69) is 5.10 Å². The van der Waals surface area contributed by atoms with Crippen LogP contribution in [0, 0.1) is 11.3 Å². The van der Waals surface area contributed by atoms with Gasteiger partial charge in [0.15, 0.2) is 0 Å². The van der Waals surface area contributed by atoms with Gasteiger partial charge in [-0.15, -0.1) is 0 Å². The first-order chi connectivity index (χ1) is 8.61. The number of rotatable bonds is 3. The number of nitrogens with zero attached hydrogens (tertiary/aromatic N) is 3. The van der Waals surface area contributed by atoms with E-state index < -0.39 is 5.97 Å². The molecule has 0 saturated heterocycles. The topological polar surface area (TPSA) is 78.9 Å². The molecule has 1 N–H and O–H groups in total. The molecule has 1 aromatic carbocycles. The van der Waals surface area contributed by atoms with Crippen LogP contribution >= 0.6 is 11.6 Å². The van der Waals surface area contributed by atoms with E-state index in [0.717, 1.165) is 4.68 Å². The number of carboxylic acid groups (broad SMARTS) is 1. The van der Waals surface area contributed by atoms with E-state index in [-0.39, 0.29) is 12.2 Å². The molecule has 0 aliphatic rings. The van der Waals surface area contributed by atoms with Gasteiger partial charge < -0.3 is 5.11 Å². The minimum atomic E-state index is -1.12. The van der Waals surface area contributed by atoms with E-state index >= 15 is 0 Å². The molecule has 1 heterocycles. The van der Waals surface area contributed by atoms with Crippen molar-refractivity contribution in [2.45, 2.75) is 6.54 Å². The summed E-state index contributed by atoms with van der Waals surface area (Å²) in [5.41, 5.74) is 1.17. The third-order valence-corrected chi connectivity index (χ3v) is 2.58. The number of hydrogen-bond donors (Lipinski definition) is 1. The molecule has 0 aliphatic carbocycles. The van der Waals surface area contributed by atoms with Crippen molar-refractivity contribution in [1.29, 1.82) is 5.26 Å². The lowest BCUT2D eigenvalue weighted by molar-refractivity contribution is 0.0684. The molecule has 90 valence electrons. The summed E-state index contributed by atoms with van der Waals surface area (Å²) in [7, 11) is 0. The van der Waals surface area contributed by atoms with Gasteiger partial charge in [-0.1, -0.05) is 23.7 Å². The molecule has 0 fully saturated rings. The van der Waals surface area contributed by atoms with E-state index in [1.165, 1.54) is 6.07 Å². The standard InChI is InChI=1S/C12H8ClN3O2/c13-9-3-1-2-8(6-9)10-7-11(12(17)18)16(15-10)5-4-14/h1-3,6-7H,5H2,(H,17,18). The minimum Gasteiger partial charge on any atom is -0.477 e. The van der Waals surface area contributed by atoms with E-state index in [1.807, 2.05) is 6.07 Å². The molecular weight excluding hydrogens is 254 g/mol. The van der Waals surface area contributed by atoms with E-state index in [9.17, 15) is 4.79 Å². The van der Waals surface area contributed by atoms with Gasteiger partial charge in [0.1, 0.15) is 12.2 Å². The van der Waals surface area contributed by atoms with Crippen molar-refractivity contribution in [3.63, 3.8) is 0 Å². The van der Waals surface area contributed by atoms with Crippen molar-refractivity contribution in [2.24, 2.45) is 0 Å². The number of hydrogen-bond acceptors (Lipinski definition) is 3. The number of carboxylic acids is 1. The summed E-state index contributed by atoms with van der Waals surface area (Å²) in [5.74, 6) is -1.12. The lowest BCUT2D eigenvalue weighted by Crippen LogP contribution is -2.08. The molecule has 0 saturated carbocycles. The highest BCUT2D eigenvalue weighted by Gasteiger charge is 2.15. The van der Waals surface area contributed by atoms with Crippen molar-refractivity contribution in [2.75, 3.05) is 0 Å². The van der Waals surface area contributed by atoms with Gasteiger partial charge in [-0.3, -0.25) is 0 Å². The number of carbonyl (C=O) groups is 1. The van der Waals surface area contributed by atoms with Gasteiger partial charge in [-0.2, -0.15) is 10.4 Å². The second-order valence-corrected chi connectivity index (χ2v) is 3.98. The molecule has 5 nitrogen and oxygen atoms in total. The Morgan fingerprint density at radius 1 is 1.50 bits per heavy atom. The zero-order valence-corrected chi connectivity index (χ0v) is 9.92. The number of nitriles is 1. The van der Waals surface area contributed by atoms with Crippen LogP contribution in [0.1, 0.15) is 10.5 Å². The molecule has 0 atom stereocenters. The van der Waals surface area contributed by atoms with E-state index in [4.69, 9.17) is 22.0 Å². The molecular formula is C12H8ClN3O2. The monoisotopic (exact) mass is 261 g/mol. The third kappa shape index (κ3) is 2.34. The maximum atomic E-state index is 11.0. The van der Waals surface area contributed by atoms with Gasteiger partial charge in [0, 0.05) is 10.6 Å². The Morgan fingerprint density at radius 3 is 2.89 bits per heavy atom. The molecule has 1 aromatic heterocycles. The summed E-state index contributed by atoms with van der Waals surface area (Å²) >= 11 is 5.86. The van der Waals surface area contributed by atoms with Crippen LogP contribution in [0.25, 0.3) is 11.3 Å². The SMILES string of the molecule is N#CCn1nc(-c2cccc(Cl)c2)cc1C(=O)O. The van der Waals surface area contributed by atoms with Crippen LogP contribution in [-0.2, 0) is 6.54 Å². The predicted octanol–water partition coefficient (Wildman–Crippen LogP) is 2.43. The number of halogens is 1. The molecule has 0 aliphatic heterocycles. The maximum absolute atomic E-state index is 11.0. The normalized spacial score (nSPS) is 10.0. The average Bonchev–Trinajstić information content (AvgIpc) is 2.74. The lowest BCUT2D eigenvalue weighted by Gasteiger charge is -1.97. The first-order valence-electron chi connectivity index (χ1n) is 5.06. The van der Waals surface area contributed by atoms with Crippen LogP contribution in [0.2, 0.25) is 5.02 Å². The van der Waals surface area contributed by atoms with Crippen LogP contribution in [0.5, 0.6) is 0 Å². The average molecular weight is 262 g/mol. The summed E-state index contributed by atoms with van der Waals surface area (Å²) in [5, 5.41) is 22.3. The Morgan fingerprint density at radius 2 is 2.28 bits per heavy atom. The van der Waals surface area contributed by atoms with Gasteiger partial charge >= 0.3 is 5.97 Å². The summed E-state index contributed by atoms with van der Waals surface area (Å²) in [6.07, 6.45) is 0. The van der Waals surface area contributed by atoms with Crippen LogP contribution in [-0.4, -0.2) is 20.9 Å². The number of aromatic nitrogens is 2. The lowest BCUT2D eigenvalue weighted by atomic mass is 10.1. The zero-order valence-electron chi connectivity index (χ0n) is 9.17. The highest BCUT2D eigenvalue weighted by Crippen LogP contribution is 2.22. The Bertz CT molecular complexity index is 643. The fourth-order valence-electron chi connectivity index (χ4n) is 1.57. The smallest absolute Gasteiger partial charge is 0.354 e. The summed E-state index contributed by atoms with van der Waals surface area (Å²) in [4.78, 5) is 11.0. The molecule has 2 aromatic rings. The van der Waals surface area contributed by atoms with Crippen molar-refractivity contribution in [3.8, 4) is 17.3 Å². The Hall–Kier alpha value is -2.32. The molecule has 0 amide bonds. The van der Waals surface area contributed by atoms with Crippen molar-refractivity contribution >= 4 is 17.6 Å². The fourth-order valence-corrected chi connectivity index (χ4v) is 1.76. The fraction of sp³-hybridized carbons (Fsp3) is 0.0833. The summed E-state index contributed by atoms with van der Waals surface area (Å²) in [6.45, 7) is -0.109. The summed E-state index contributed by atoms with van der Waals surface area (Å²) < 4.78 is 1.15. The molecule has 2 rings (SSSR count). The third-order valence-electron chi connectivity index (χ3n) is 2.34. The molecule has 0 unspecified atom stereocenters. The van der Waals surface area contributed by atoms with E-state index in [1.54, 1.807) is 24.3 Å². The highest BCUT2D eigenvalue weighted by molar-refractivity contribution is 6.30. The highest BCUT2D eigenvalue weighted by atomic mass is 35.5. The molecule has 0 spiro atoms. The molecule has 0 radical (unpaired) electrons. The Kier molecular flexibility index (Phi) is 3.31. The van der Waals surface area contributed by atoms with Crippen LogP contribution in [0.3, 0.4) is 0 Å². The number of aromatic carboxylic acids is 1. The van der Waals surface area contributed by atoms with Crippen LogP contribution in [0.4, 0.5) is 0 Å². The van der Waals surface area contributed by atoms with Gasteiger partial charge in [-0.05, 0) is 18.2 Å². The Labute approximate surface area is 108 Å².